The van der Waals surface area contributed by atoms with Gasteiger partial charge in [0.25, 0.3) is 0 Å². The molecule has 2 atom stereocenters. The number of piperidine rings is 1. The lowest BCUT2D eigenvalue weighted by Crippen LogP contribution is -2.44. The second-order valence-electron chi connectivity index (χ2n) is 8.58. The standard InChI is InChI=1S/C22H31N5O2/c1-4-25(22(28)29)21-24-23-20(15(2)3)27(21)19-12-17-10-11-18(13-19)26(17)14-16-8-6-5-7-9-16/h5-9,15,17-19H,4,10-14H2,1-3H3,(H,28,29). The highest BCUT2D eigenvalue weighted by atomic mass is 16.4. The molecule has 2 aliphatic heterocycles. The number of benzene rings is 1. The van der Waals surface area contributed by atoms with Gasteiger partial charge in [-0.2, -0.15) is 0 Å². The Morgan fingerprint density at radius 1 is 1.14 bits per heavy atom. The molecule has 1 aromatic carbocycles. The highest BCUT2D eigenvalue weighted by Gasteiger charge is 2.43. The van der Waals surface area contributed by atoms with Crippen LogP contribution in [0.25, 0.3) is 0 Å². The third-order valence-corrected chi connectivity index (χ3v) is 6.44. The van der Waals surface area contributed by atoms with Gasteiger partial charge < -0.3 is 5.11 Å². The Labute approximate surface area is 172 Å². The van der Waals surface area contributed by atoms with Gasteiger partial charge in [0.15, 0.2) is 0 Å². The van der Waals surface area contributed by atoms with Crippen molar-refractivity contribution in [3.63, 3.8) is 0 Å². The summed E-state index contributed by atoms with van der Waals surface area (Å²) in [5, 5.41) is 18.4. The van der Waals surface area contributed by atoms with E-state index in [4.69, 9.17) is 0 Å². The van der Waals surface area contributed by atoms with E-state index in [-0.39, 0.29) is 12.0 Å². The van der Waals surface area contributed by atoms with Crippen LogP contribution in [0.2, 0.25) is 0 Å². The molecule has 1 aromatic heterocycles. The third kappa shape index (κ3) is 3.75. The highest BCUT2D eigenvalue weighted by molar-refractivity contribution is 5.83. The Bertz CT molecular complexity index is 836. The molecule has 4 rings (SSSR count). The lowest BCUT2D eigenvalue weighted by atomic mass is 9.95. The number of hydrogen-bond donors (Lipinski definition) is 1. The van der Waals surface area contributed by atoms with Gasteiger partial charge in [0.05, 0.1) is 0 Å². The van der Waals surface area contributed by atoms with E-state index in [2.05, 4.69) is 63.8 Å². The van der Waals surface area contributed by atoms with Crippen LogP contribution in [0.1, 0.15) is 69.8 Å². The Kier molecular flexibility index (Phi) is 5.58. The second kappa shape index (κ2) is 8.14. The van der Waals surface area contributed by atoms with Crippen molar-refractivity contribution in [2.24, 2.45) is 0 Å². The summed E-state index contributed by atoms with van der Waals surface area (Å²) in [6, 6.07) is 12.0. The van der Waals surface area contributed by atoms with Crippen molar-refractivity contribution in [3.05, 3.63) is 41.7 Å². The summed E-state index contributed by atoms with van der Waals surface area (Å²) in [6.07, 6.45) is 3.48. The van der Waals surface area contributed by atoms with Crippen LogP contribution in [-0.4, -0.2) is 49.5 Å². The van der Waals surface area contributed by atoms with Crippen LogP contribution < -0.4 is 4.90 Å². The van der Waals surface area contributed by atoms with Crippen LogP contribution >= 0.6 is 0 Å². The first kappa shape index (κ1) is 19.9. The molecule has 156 valence electrons. The van der Waals surface area contributed by atoms with E-state index in [0.717, 1.165) is 25.2 Å². The topological polar surface area (TPSA) is 74.5 Å². The van der Waals surface area contributed by atoms with E-state index in [0.29, 0.717) is 24.6 Å². The predicted octanol–water partition coefficient (Wildman–Crippen LogP) is 4.27. The van der Waals surface area contributed by atoms with Crippen LogP contribution in [0.15, 0.2) is 30.3 Å². The van der Waals surface area contributed by atoms with E-state index < -0.39 is 6.09 Å². The quantitative estimate of drug-likeness (QED) is 0.788. The summed E-state index contributed by atoms with van der Waals surface area (Å²) in [5.41, 5.74) is 1.36. The van der Waals surface area contributed by atoms with Gasteiger partial charge >= 0.3 is 6.09 Å². The van der Waals surface area contributed by atoms with Crippen molar-refractivity contribution in [2.45, 2.75) is 77.0 Å². The number of nitrogens with zero attached hydrogens (tertiary/aromatic N) is 5. The van der Waals surface area contributed by atoms with Crippen molar-refractivity contribution in [1.82, 2.24) is 19.7 Å². The molecule has 0 aliphatic carbocycles. The molecule has 1 amide bonds. The lowest BCUT2D eigenvalue weighted by Gasteiger charge is -2.40. The maximum Gasteiger partial charge on any atom is 0.414 e. The molecule has 2 fully saturated rings. The molecule has 2 bridgehead atoms. The third-order valence-electron chi connectivity index (χ3n) is 6.44. The average molecular weight is 398 g/mol. The van der Waals surface area contributed by atoms with E-state index in [1.807, 2.05) is 6.92 Å². The van der Waals surface area contributed by atoms with Crippen LogP contribution in [0, 0.1) is 0 Å². The molecular formula is C22H31N5O2. The molecule has 2 saturated heterocycles. The molecule has 0 spiro atoms. The highest BCUT2D eigenvalue weighted by Crippen LogP contribution is 2.43. The molecule has 7 heteroatoms. The minimum Gasteiger partial charge on any atom is -0.465 e. The number of carboxylic acid groups (broad SMARTS) is 1. The van der Waals surface area contributed by atoms with Crippen molar-refractivity contribution < 1.29 is 9.90 Å². The molecule has 3 heterocycles. The van der Waals surface area contributed by atoms with Crippen molar-refractivity contribution in [2.75, 3.05) is 11.4 Å². The second-order valence-corrected chi connectivity index (χ2v) is 8.58. The molecule has 0 saturated carbocycles. The maximum absolute atomic E-state index is 11.8. The summed E-state index contributed by atoms with van der Waals surface area (Å²) in [4.78, 5) is 15.7. The molecule has 2 aromatic rings. The van der Waals surface area contributed by atoms with Gasteiger partial charge in [0, 0.05) is 37.1 Å². The summed E-state index contributed by atoms with van der Waals surface area (Å²) in [5.74, 6) is 1.56. The molecule has 2 unspecified atom stereocenters. The minimum atomic E-state index is -0.971. The first-order valence-corrected chi connectivity index (χ1v) is 10.7. The van der Waals surface area contributed by atoms with E-state index in [1.165, 1.54) is 23.3 Å². The number of amides is 1. The number of carbonyl (C=O) groups is 1. The van der Waals surface area contributed by atoms with Gasteiger partial charge in [-0.3, -0.25) is 9.47 Å². The van der Waals surface area contributed by atoms with Gasteiger partial charge in [0.1, 0.15) is 5.82 Å². The summed E-state index contributed by atoms with van der Waals surface area (Å²) in [6.45, 7) is 7.39. The van der Waals surface area contributed by atoms with Crippen molar-refractivity contribution in [3.8, 4) is 0 Å². The molecule has 1 N–H and O–H groups in total. The van der Waals surface area contributed by atoms with Crippen molar-refractivity contribution >= 4 is 12.0 Å². The van der Waals surface area contributed by atoms with Gasteiger partial charge in [-0.15, -0.1) is 10.2 Å². The fraction of sp³-hybridized carbons (Fsp3) is 0.591. The monoisotopic (exact) mass is 397 g/mol. The largest absolute Gasteiger partial charge is 0.465 e. The zero-order chi connectivity index (χ0) is 20.5. The number of rotatable bonds is 6. The van der Waals surface area contributed by atoms with Crippen LogP contribution in [0.5, 0.6) is 0 Å². The number of fused-ring (bicyclic) bond motifs is 2. The zero-order valence-corrected chi connectivity index (χ0v) is 17.5. The van der Waals surface area contributed by atoms with Gasteiger partial charge in [-0.1, -0.05) is 44.2 Å². The van der Waals surface area contributed by atoms with E-state index >= 15 is 0 Å². The van der Waals surface area contributed by atoms with E-state index in [9.17, 15) is 9.90 Å². The number of aromatic nitrogens is 3. The molecule has 0 radical (unpaired) electrons. The summed E-state index contributed by atoms with van der Waals surface area (Å²) in [7, 11) is 0. The normalized spacial score (nSPS) is 24.2. The molecular weight excluding hydrogens is 366 g/mol. The molecule has 7 nitrogen and oxygen atoms in total. The molecule has 2 aliphatic rings. The first-order valence-electron chi connectivity index (χ1n) is 10.7. The Balaban J connectivity index is 1.61. The number of hydrogen-bond acceptors (Lipinski definition) is 4. The van der Waals surface area contributed by atoms with Crippen LogP contribution in [0.4, 0.5) is 10.7 Å². The SMILES string of the molecule is CCN(C(=O)O)c1nnc(C(C)C)n1C1CC2CCC(C1)N2Cc1ccccc1. The maximum atomic E-state index is 11.8. The predicted molar refractivity (Wildman–Crippen MR) is 112 cm³/mol. The fourth-order valence-corrected chi connectivity index (χ4v) is 5.09. The number of anilines is 1. The fourth-order valence-electron chi connectivity index (χ4n) is 5.09. The summed E-state index contributed by atoms with van der Waals surface area (Å²) >= 11 is 0. The van der Waals surface area contributed by atoms with Crippen LogP contribution in [-0.2, 0) is 6.54 Å². The van der Waals surface area contributed by atoms with E-state index in [1.54, 1.807) is 0 Å². The molecule has 29 heavy (non-hydrogen) atoms. The Morgan fingerprint density at radius 3 is 2.34 bits per heavy atom. The minimum absolute atomic E-state index is 0.198. The Morgan fingerprint density at radius 2 is 1.79 bits per heavy atom. The summed E-state index contributed by atoms with van der Waals surface area (Å²) < 4.78 is 2.13. The lowest BCUT2D eigenvalue weighted by molar-refractivity contribution is 0.0983. The van der Waals surface area contributed by atoms with Crippen molar-refractivity contribution in [1.29, 1.82) is 0 Å². The van der Waals surface area contributed by atoms with Gasteiger partial charge in [0.2, 0.25) is 5.95 Å². The average Bonchev–Trinajstić information content (AvgIpc) is 3.21. The van der Waals surface area contributed by atoms with Crippen LogP contribution in [0.3, 0.4) is 0 Å². The van der Waals surface area contributed by atoms with Gasteiger partial charge in [-0.05, 0) is 38.2 Å². The van der Waals surface area contributed by atoms with Gasteiger partial charge in [-0.25, -0.2) is 9.69 Å². The first-order chi connectivity index (χ1) is 14.0. The zero-order valence-electron chi connectivity index (χ0n) is 17.5. The smallest absolute Gasteiger partial charge is 0.414 e. The Hall–Kier alpha value is -2.41.